The van der Waals surface area contributed by atoms with Crippen molar-refractivity contribution < 1.29 is 9.52 Å². The summed E-state index contributed by atoms with van der Waals surface area (Å²) in [7, 11) is 0. The van der Waals surface area contributed by atoms with E-state index in [9.17, 15) is 5.11 Å². The molecule has 0 spiro atoms. The van der Waals surface area contributed by atoms with Crippen LogP contribution in [0.15, 0.2) is 53.1 Å². The van der Waals surface area contributed by atoms with Crippen LogP contribution in [0.5, 0.6) is 0 Å². The van der Waals surface area contributed by atoms with E-state index >= 15 is 0 Å². The first-order chi connectivity index (χ1) is 8.81. The van der Waals surface area contributed by atoms with Crippen LogP contribution in [0.2, 0.25) is 0 Å². The highest BCUT2D eigenvalue weighted by molar-refractivity contribution is 5.17. The highest BCUT2D eigenvalue weighted by Gasteiger charge is 2.14. The topological polar surface area (TPSA) is 45.4 Å². The summed E-state index contributed by atoms with van der Waals surface area (Å²) in [4.78, 5) is 0. The molecule has 0 saturated carbocycles. The average molecular weight is 245 g/mol. The zero-order chi connectivity index (χ0) is 12.8. The number of nitrogens with one attached hydrogen (secondary N) is 1. The smallest absolute Gasteiger partial charge is 0.120 e. The molecule has 0 aliphatic heterocycles. The molecule has 2 N–H and O–H groups in total. The van der Waals surface area contributed by atoms with E-state index in [2.05, 4.69) is 12.2 Å². The van der Waals surface area contributed by atoms with Crippen molar-refractivity contribution in [3.8, 4) is 0 Å². The Morgan fingerprint density at radius 1 is 1.17 bits per heavy atom. The molecule has 3 heteroatoms. The molecule has 0 radical (unpaired) electrons. The first kappa shape index (κ1) is 12.9. The Balaban J connectivity index is 1.91. The van der Waals surface area contributed by atoms with Gasteiger partial charge in [-0.1, -0.05) is 37.3 Å². The molecule has 3 nitrogen and oxygen atoms in total. The lowest BCUT2D eigenvalue weighted by atomic mass is 10.1. The minimum Gasteiger partial charge on any atom is -0.468 e. The number of hydrogen-bond donors (Lipinski definition) is 2. The Morgan fingerprint density at radius 3 is 2.56 bits per heavy atom. The Morgan fingerprint density at radius 2 is 1.94 bits per heavy atom. The summed E-state index contributed by atoms with van der Waals surface area (Å²) in [5.74, 6) is 0.915. The summed E-state index contributed by atoms with van der Waals surface area (Å²) in [5.41, 5.74) is 0.930. The molecule has 2 unspecified atom stereocenters. The van der Waals surface area contributed by atoms with Crippen LogP contribution in [0.3, 0.4) is 0 Å². The van der Waals surface area contributed by atoms with Gasteiger partial charge in [-0.3, -0.25) is 0 Å². The molecule has 1 heterocycles. The third-order valence-corrected chi connectivity index (χ3v) is 3.04. The number of aliphatic hydroxyl groups excluding tert-OH is 1. The number of furan rings is 1. The molecular weight excluding hydrogens is 226 g/mol. The van der Waals surface area contributed by atoms with Gasteiger partial charge < -0.3 is 14.8 Å². The molecule has 1 aromatic carbocycles. The lowest BCUT2D eigenvalue weighted by Crippen LogP contribution is -2.25. The quantitative estimate of drug-likeness (QED) is 0.822. The first-order valence-corrected chi connectivity index (χ1v) is 6.31. The molecule has 0 fully saturated rings. The second-order valence-electron chi connectivity index (χ2n) is 4.31. The molecule has 18 heavy (non-hydrogen) atoms. The maximum Gasteiger partial charge on any atom is 0.120 e. The van der Waals surface area contributed by atoms with Crippen molar-refractivity contribution in [2.75, 3.05) is 6.54 Å². The van der Waals surface area contributed by atoms with Crippen LogP contribution >= 0.6 is 0 Å². The SMILES string of the molecule is CCC(NCC(O)c1ccccc1)c1ccco1. The van der Waals surface area contributed by atoms with Crippen molar-refractivity contribution in [3.05, 3.63) is 60.1 Å². The first-order valence-electron chi connectivity index (χ1n) is 6.31. The minimum absolute atomic E-state index is 0.151. The number of benzene rings is 1. The van der Waals surface area contributed by atoms with Gasteiger partial charge in [0.05, 0.1) is 18.4 Å². The molecule has 0 bridgehead atoms. The Bertz CT molecular complexity index is 439. The van der Waals surface area contributed by atoms with E-state index in [-0.39, 0.29) is 6.04 Å². The van der Waals surface area contributed by atoms with Crippen LogP contribution in [0.4, 0.5) is 0 Å². The van der Waals surface area contributed by atoms with Gasteiger partial charge in [0, 0.05) is 6.54 Å². The standard InChI is InChI=1S/C15H19NO2/c1-2-13(15-9-6-10-18-15)16-11-14(17)12-7-4-3-5-8-12/h3-10,13-14,16-17H,2,11H2,1H3. The van der Waals surface area contributed by atoms with Crippen LogP contribution in [-0.4, -0.2) is 11.7 Å². The Labute approximate surface area is 107 Å². The van der Waals surface area contributed by atoms with Crippen molar-refractivity contribution in [1.29, 1.82) is 0 Å². The zero-order valence-electron chi connectivity index (χ0n) is 10.5. The molecule has 0 saturated heterocycles. The van der Waals surface area contributed by atoms with Crippen molar-refractivity contribution in [2.45, 2.75) is 25.5 Å². The van der Waals surface area contributed by atoms with Gasteiger partial charge in [-0.15, -0.1) is 0 Å². The van der Waals surface area contributed by atoms with E-state index < -0.39 is 6.10 Å². The predicted octanol–water partition coefficient (Wildman–Crippen LogP) is 3.05. The third kappa shape index (κ3) is 3.22. The van der Waals surface area contributed by atoms with Crippen LogP contribution < -0.4 is 5.32 Å². The lowest BCUT2D eigenvalue weighted by Gasteiger charge is -2.18. The van der Waals surface area contributed by atoms with Gasteiger partial charge in [-0.05, 0) is 24.1 Å². The summed E-state index contributed by atoms with van der Waals surface area (Å²) in [6.07, 6.45) is 2.11. The molecule has 2 aromatic rings. The zero-order valence-corrected chi connectivity index (χ0v) is 10.5. The second kappa shape index (κ2) is 6.38. The maximum absolute atomic E-state index is 10.1. The van der Waals surface area contributed by atoms with E-state index in [4.69, 9.17) is 4.42 Å². The van der Waals surface area contributed by atoms with Crippen LogP contribution in [0, 0.1) is 0 Å². The number of rotatable bonds is 6. The molecule has 0 aliphatic rings. The Hall–Kier alpha value is -1.58. The van der Waals surface area contributed by atoms with Crippen LogP contribution in [0.1, 0.15) is 36.8 Å². The van der Waals surface area contributed by atoms with Crippen molar-refractivity contribution in [2.24, 2.45) is 0 Å². The Kier molecular flexibility index (Phi) is 4.56. The highest BCUT2D eigenvalue weighted by atomic mass is 16.3. The molecule has 96 valence electrons. The normalized spacial score (nSPS) is 14.3. The van der Waals surface area contributed by atoms with Gasteiger partial charge in [0.15, 0.2) is 0 Å². The molecule has 0 amide bonds. The summed E-state index contributed by atoms with van der Waals surface area (Å²) in [5, 5.41) is 13.4. The minimum atomic E-state index is -0.491. The average Bonchev–Trinajstić information content (AvgIpc) is 2.94. The largest absolute Gasteiger partial charge is 0.468 e. The van der Waals surface area contributed by atoms with Gasteiger partial charge in [0.2, 0.25) is 0 Å². The van der Waals surface area contributed by atoms with Gasteiger partial charge in [0.25, 0.3) is 0 Å². The van der Waals surface area contributed by atoms with Crippen molar-refractivity contribution in [3.63, 3.8) is 0 Å². The molecule has 1 aromatic heterocycles. The van der Waals surface area contributed by atoms with E-state index in [0.29, 0.717) is 6.54 Å². The lowest BCUT2D eigenvalue weighted by molar-refractivity contribution is 0.167. The molecule has 0 aliphatic carbocycles. The molecular formula is C15H19NO2. The summed E-state index contributed by atoms with van der Waals surface area (Å²) in [6, 6.07) is 13.7. The van der Waals surface area contributed by atoms with E-state index in [1.807, 2.05) is 42.5 Å². The van der Waals surface area contributed by atoms with Gasteiger partial charge in [-0.2, -0.15) is 0 Å². The van der Waals surface area contributed by atoms with E-state index in [0.717, 1.165) is 17.7 Å². The van der Waals surface area contributed by atoms with Crippen molar-refractivity contribution >= 4 is 0 Å². The fourth-order valence-corrected chi connectivity index (χ4v) is 1.98. The van der Waals surface area contributed by atoms with E-state index in [1.54, 1.807) is 6.26 Å². The fourth-order valence-electron chi connectivity index (χ4n) is 1.98. The highest BCUT2D eigenvalue weighted by Crippen LogP contribution is 2.18. The summed E-state index contributed by atoms with van der Waals surface area (Å²) < 4.78 is 5.38. The van der Waals surface area contributed by atoms with Crippen LogP contribution in [-0.2, 0) is 0 Å². The van der Waals surface area contributed by atoms with Gasteiger partial charge >= 0.3 is 0 Å². The molecule has 2 rings (SSSR count). The van der Waals surface area contributed by atoms with Gasteiger partial charge in [0.1, 0.15) is 5.76 Å². The monoisotopic (exact) mass is 245 g/mol. The number of aliphatic hydroxyl groups is 1. The predicted molar refractivity (Wildman–Crippen MR) is 71.1 cm³/mol. The summed E-state index contributed by atoms with van der Waals surface area (Å²) >= 11 is 0. The maximum atomic E-state index is 10.1. The van der Waals surface area contributed by atoms with Gasteiger partial charge in [-0.25, -0.2) is 0 Å². The van der Waals surface area contributed by atoms with Crippen molar-refractivity contribution in [1.82, 2.24) is 5.32 Å². The number of hydrogen-bond acceptors (Lipinski definition) is 3. The third-order valence-electron chi connectivity index (χ3n) is 3.04. The van der Waals surface area contributed by atoms with Crippen LogP contribution in [0.25, 0.3) is 0 Å². The second-order valence-corrected chi connectivity index (χ2v) is 4.31. The summed E-state index contributed by atoms with van der Waals surface area (Å²) in [6.45, 7) is 2.61. The fraction of sp³-hybridized carbons (Fsp3) is 0.333. The molecule has 2 atom stereocenters. The van der Waals surface area contributed by atoms with E-state index in [1.165, 1.54) is 0 Å².